The minimum atomic E-state index is -4.02. The number of aliphatic imine (C=N–C) groups is 1. The molecule has 1 aliphatic rings. The third-order valence-corrected chi connectivity index (χ3v) is 6.46. The fourth-order valence-electron chi connectivity index (χ4n) is 2.68. The van der Waals surface area contributed by atoms with Crippen LogP contribution in [0.4, 0.5) is 0 Å². The summed E-state index contributed by atoms with van der Waals surface area (Å²) in [5.74, 6) is -0.524. The summed E-state index contributed by atoms with van der Waals surface area (Å²) in [5, 5.41) is -0.115. The quantitative estimate of drug-likeness (QED) is 0.383. The maximum absolute atomic E-state index is 12.8. The molecule has 0 atom stereocenters. The highest BCUT2D eigenvalue weighted by molar-refractivity contribution is 7.90. The second-order valence-corrected chi connectivity index (χ2v) is 8.60. The van der Waals surface area contributed by atoms with Crippen molar-refractivity contribution >= 4 is 50.6 Å². The molecule has 0 saturated carbocycles. The van der Waals surface area contributed by atoms with Crippen molar-refractivity contribution in [1.82, 2.24) is 0 Å². The Balaban J connectivity index is 2.24. The van der Waals surface area contributed by atoms with Gasteiger partial charge < -0.3 is 0 Å². The van der Waals surface area contributed by atoms with Gasteiger partial charge in [0.15, 0.2) is 5.84 Å². The van der Waals surface area contributed by atoms with E-state index in [1.54, 1.807) is 62.4 Å². The van der Waals surface area contributed by atoms with E-state index in [9.17, 15) is 13.2 Å². The largest absolute Gasteiger partial charge is 0.287 e. The third-order valence-electron chi connectivity index (χ3n) is 4.26. The van der Waals surface area contributed by atoms with Gasteiger partial charge in [-0.1, -0.05) is 71.7 Å². The van der Waals surface area contributed by atoms with Gasteiger partial charge in [-0.05, 0) is 37.1 Å². The molecule has 0 aliphatic heterocycles. The molecule has 148 valence electrons. The van der Waals surface area contributed by atoms with Gasteiger partial charge in [0.2, 0.25) is 5.78 Å². The summed E-state index contributed by atoms with van der Waals surface area (Å²) in [5.41, 5.74) is 1.60. The lowest BCUT2D eigenvalue weighted by molar-refractivity contribution is -0.111. The molecule has 0 N–H and O–H groups in total. The number of amidine groups is 1. The first-order valence-corrected chi connectivity index (χ1v) is 10.7. The van der Waals surface area contributed by atoms with Crippen molar-refractivity contribution in [2.75, 3.05) is 0 Å². The van der Waals surface area contributed by atoms with Crippen molar-refractivity contribution in [2.24, 2.45) is 9.39 Å². The first-order chi connectivity index (χ1) is 13.7. The average molecular weight is 447 g/mol. The summed E-state index contributed by atoms with van der Waals surface area (Å²) in [6, 6.07) is 16.5. The van der Waals surface area contributed by atoms with Gasteiger partial charge in [-0.15, -0.1) is 4.40 Å². The number of carbonyl (C=O) groups excluding carboxylic acids is 1. The van der Waals surface area contributed by atoms with E-state index in [0.717, 1.165) is 0 Å². The molecular formula is C21H16Cl2N2O3S. The minimum Gasteiger partial charge on any atom is -0.287 e. The van der Waals surface area contributed by atoms with Crippen LogP contribution in [0.25, 0.3) is 0 Å². The van der Waals surface area contributed by atoms with Crippen LogP contribution in [0, 0.1) is 0 Å². The molecule has 3 rings (SSSR count). The number of nitrogens with zero attached hydrogens (tertiary/aromatic N) is 2. The van der Waals surface area contributed by atoms with Crippen molar-refractivity contribution in [3.8, 4) is 0 Å². The number of hydrogen-bond acceptors (Lipinski definition) is 3. The lowest BCUT2D eigenvalue weighted by atomic mass is 9.96. The van der Waals surface area contributed by atoms with Crippen LogP contribution in [0.5, 0.6) is 0 Å². The Kier molecular flexibility index (Phi) is 6.17. The molecule has 0 spiro atoms. The van der Waals surface area contributed by atoms with E-state index in [-0.39, 0.29) is 20.8 Å². The Bertz CT molecular complexity index is 1170. The van der Waals surface area contributed by atoms with Gasteiger partial charge in [-0.2, -0.15) is 8.42 Å². The van der Waals surface area contributed by atoms with Gasteiger partial charge in [-0.25, -0.2) is 4.99 Å². The molecule has 5 nitrogen and oxygen atoms in total. The Morgan fingerprint density at radius 3 is 1.83 bits per heavy atom. The zero-order valence-corrected chi connectivity index (χ0v) is 17.9. The van der Waals surface area contributed by atoms with Gasteiger partial charge in [0, 0.05) is 5.56 Å². The number of rotatable bonds is 3. The molecule has 0 saturated heterocycles. The molecule has 0 amide bonds. The highest BCUT2D eigenvalue weighted by Gasteiger charge is 2.28. The Hall–Kier alpha value is -2.54. The smallest absolute Gasteiger partial charge is 0.284 e. The molecule has 1 aliphatic carbocycles. The summed E-state index contributed by atoms with van der Waals surface area (Å²) in [7, 11) is -4.02. The summed E-state index contributed by atoms with van der Waals surface area (Å²) in [6.07, 6.45) is 0. The SMILES string of the molecule is CC1=C(Cl)C(=O)C(Cl)=C(C)C1=N/C(=N/S(=O)(=O)c1ccccc1)c1ccccc1. The van der Waals surface area contributed by atoms with Crippen LogP contribution in [0.15, 0.2) is 96.2 Å². The number of ketones is 1. The molecule has 8 heteroatoms. The van der Waals surface area contributed by atoms with E-state index < -0.39 is 15.8 Å². The molecule has 0 heterocycles. The maximum atomic E-state index is 12.8. The Labute approximate surface area is 179 Å². The van der Waals surface area contributed by atoms with E-state index in [0.29, 0.717) is 22.4 Å². The molecule has 0 aromatic heterocycles. The standard InChI is InChI=1S/C21H16Cl2N2O3S/c1-13-17(22)20(26)18(23)14(2)19(13)24-21(15-9-5-3-6-10-15)25-29(27,28)16-11-7-4-8-12-16/h3-12H,1-2H3/b25-21+. The molecule has 29 heavy (non-hydrogen) atoms. The first kappa shape index (κ1) is 21.2. The van der Waals surface area contributed by atoms with Crippen LogP contribution >= 0.6 is 23.2 Å². The summed E-state index contributed by atoms with van der Waals surface area (Å²) < 4.78 is 29.6. The van der Waals surface area contributed by atoms with Crippen LogP contribution in [0.3, 0.4) is 0 Å². The Morgan fingerprint density at radius 2 is 1.31 bits per heavy atom. The lowest BCUT2D eigenvalue weighted by Crippen LogP contribution is -2.19. The zero-order valence-electron chi connectivity index (χ0n) is 15.6. The van der Waals surface area contributed by atoms with E-state index in [1.165, 1.54) is 12.1 Å². The number of sulfonamides is 1. The normalized spacial score (nSPS) is 15.8. The van der Waals surface area contributed by atoms with Gasteiger partial charge in [0.25, 0.3) is 10.0 Å². The second-order valence-electron chi connectivity index (χ2n) is 6.24. The van der Waals surface area contributed by atoms with E-state index >= 15 is 0 Å². The van der Waals surface area contributed by atoms with E-state index in [4.69, 9.17) is 23.2 Å². The number of allylic oxidation sites excluding steroid dienone is 4. The van der Waals surface area contributed by atoms with Crippen LogP contribution in [0.2, 0.25) is 0 Å². The monoisotopic (exact) mass is 446 g/mol. The second kappa shape index (κ2) is 8.45. The van der Waals surface area contributed by atoms with Crippen LogP contribution < -0.4 is 0 Å². The van der Waals surface area contributed by atoms with Crippen molar-refractivity contribution in [3.63, 3.8) is 0 Å². The van der Waals surface area contributed by atoms with Gasteiger partial charge >= 0.3 is 0 Å². The molecule has 2 aromatic carbocycles. The van der Waals surface area contributed by atoms with Crippen LogP contribution in [-0.4, -0.2) is 25.7 Å². The average Bonchev–Trinajstić information content (AvgIpc) is 2.74. The summed E-state index contributed by atoms with van der Waals surface area (Å²) in [4.78, 5) is 16.6. The molecule has 0 fully saturated rings. The maximum Gasteiger partial charge on any atom is 0.284 e. The van der Waals surface area contributed by atoms with Crippen molar-refractivity contribution in [2.45, 2.75) is 18.7 Å². The topological polar surface area (TPSA) is 75.9 Å². The highest BCUT2D eigenvalue weighted by atomic mass is 35.5. The van der Waals surface area contributed by atoms with Crippen molar-refractivity contribution in [3.05, 3.63) is 87.4 Å². The summed E-state index contributed by atoms with van der Waals surface area (Å²) >= 11 is 12.2. The number of hydrogen-bond donors (Lipinski definition) is 0. The minimum absolute atomic E-state index is 0.0357. The number of carbonyl (C=O) groups is 1. The van der Waals surface area contributed by atoms with Crippen molar-refractivity contribution in [1.29, 1.82) is 0 Å². The predicted octanol–water partition coefficient (Wildman–Crippen LogP) is 4.87. The van der Waals surface area contributed by atoms with Gasteiger partial charge in [-0.3, -0.25) is 4.79 Å². The van der Waals surface area contributed by atoms with Crippen LogP contribution in [0.1, 0.15) is 19.4 Å². The van der Waals surface area contributed by atoms with E-state index in [2.05, 4.69) is 9.39 Å². The number of benzene rings is 2. The highest BCUT2D eigenvalue weighted by Crippen LogP contribution is 2.30. The third kappa shape index (κ3) is 4.40. The van der Waals surface area contributed by atoms with Crippen molar-refractivity contribution < 1.29 is 13.2 Å². The van der Waals surface area contributed by atoms with Gasteiger partial charge in [0.05, 0.1) is 20.7 Å². The fourth-order valence-corrected chi connectivity index (χ4v) is 4.08. The summed E-state index contributed by atoms with van der Waals surface area (Å²) in [6.45, 7) is 3.25. The predicted molar refractivity (Wildman–Crippen MR) is 116 cm³/mol. The molecule has 0 unspecified atom stereocenters. The first-order valence-electron chi connectivity index (χ1n) is 8.54. The van der Waals surface area contributed by atoms with Gasteiger partial charge in [0.1, 0.15) is 0 Å². The number of halogens is 2. The fraction of sp³-hybridized carbons (Fsp3) is 0.0952. The van der Waals surface area contributed by atoms with E-state index in [1.807, 2.05) is 0 Å². The lowest BCUT2D eigenvalue weighted by Gasteiger charge is -2.17. The molecular weight excluding hydrogens is 431 g/mol. The Morgan fingerprint density at radius 1 is 0.828 bits per heavy atom. The molecule has 2 aromatic rings. The molecule has 0 radical (unpaired) electrons. The zero-order chi connectivity index (χ0) is 21.2. The van der Waals surface area contributed by atoms with Crippen LogP contribution in [-0.2, 0) is 14.8 Å². The molecule has 0 bridgehead atoms. The number of Topliss-reactive ketones (excluding diaryl/α,β-unsaturated/α-hetero) is 1.